The van der Waals surface area contributed by atoms with Crippen LogP contribution in [0, 0.1) is 0 Å². The van der Waals surface area contributed by atoms with Gasteiger partial charge in [0.2, 0.25) is 5.91 Å². The average Bonchev–Trinajstić information content (AvgIpc) is 2.59. The summed E-state index contributed by atoms with van der Waals surface area (Å²) < 4.78 is 0.492. The molecule has 2 nitrogen and oxygen atoms in total. The van der Waals surface area contributed by atoms with Crippen LogP contribution in [0.25, 0.3) is 0 Å². The second-order valence-electron chi connectivity index (χ2n) is 5.29. The van der Waals surface area contributed by atoms with Crippen LogP contribution in [-0.4, -0.2) is 33.9 Å². The van der Waals surface area contributed by atoms with Crippen LogP contribution in [-0.2, 0) is 17.6 Å². The number of carbonyl (C=O) groups excluding carboxylic acids is 1. The van der Waals surface area contributed by atoms with Gasteiger partial charge < -0.3 is 4.90 Å². The van der Waals surface area contributed by atoms with Gasteiger partial charge in [-0.3, -0.25) is 4.79 Å². The maximum absolute atomic E-state index is 12.6. The Bertz CT molecular complexity index is 481. The summed E-state index contributed by atoms with van der Waals surface area (Å²) in [7, 11) is 0. The molecule has 0 saturated carbocycles. The number of thioether (sulfide) groups is 2. The molecule has 0 N–H and O–H groups in total. The minimum atomic E-state index is 0.169. The largest absolute Gasteiger partial charge is 0.309 e. The Balaban J connectivity index is 2.34. The number of para-hydroxylation sites is 1. The zero-order valence-electron chi connectivity index (χ0n) is 13.3. The fraction of sp³-hybridized carbons (Fsp3) is 0.588. The van der Waals surface area contributed by atoms with E-state index in [9.17, 15) is 4.79 Å². The Hall–Kier alpha value is -0.130. The van der Waals surface area contributed by atoms with Crippen molar-refractivity contribution in [2.75, 3.05) is 28.3 Å². The predicted octanol–water partition coefficient (Wildman–Crippen LogP) is 4.74. The number of rotatable bonds is 6. The normalized spacial score (nSPS) is 15.8. The molecule has 0 atom stereocenters. The first-order valence-electron chi connectivity index (χ1n) is 7.91. The lowest BCUT2D eigenvalue weighted by atomic mass is 10.0. The molecule has 0 bridgehead atoms. The van der Waals surface area contributed by atoms with Crippen LogP contribution in [0.4, 0.5) is 5.69 Å². The minimum absolute atomic E-state index is 0.169. The van der Waals surface area contributed by atoms with Gasteiger partial charge in [0.1, 0.15) is 0 Å². The highest BCUT2D eigenvalue weighted by molar-refractivity contribution is 9.09. The van der Waals surface area contributed by atoms with Crippen molar-refractivity contribution in [1.82, 2.24) is 0 Å². The molecule has 1 aliphatic rings. The van der Waals surface area contributed by atoms with Gasteiger partial charge in [0.05, 0.1) is 15.6 Å². The van der Waals surface area contributed by atoms with E-state index in [0.717, 1.165) is 25.1 Å². The molecule has 1 saturated heterocycles. The number of amides is 1. The van der Waals surface area contributed by atoms with Gasteiger partial charge in [-0.1, -0.05) is 48.0 Å². The standard InChI is InChI=1S/C17H24BrNOS2/c1-3-13-7-5-8-14(4-2)17(13)19(15(20)11-18)12-16-21-9-6-10-22-16/h5,7-8,16H,3-4,6,9-12H2,1-2H3. The maximum Gasteiger partial charge on any atom is 0.237 e. The first-order chi connectivity index (χ1) is 10.7. The van der Waals surface area contributed by atoms with Crippen LogP contribution >= 0.6 is 39.5 Å². The number of carbonyl (C=O) groups is 1. The molecule has 1 heterocycles. The molecule has 0 unspecified atom stereocenters. The molecule has 0 radical (unpaired) electrons. The van der Waals surface area contributed by atoms with Crippen molar-refractivity contribution >= 4 is 51.0 Å². The summed E-state index contributed by atoms with van der Waals surface area (Å²) >= 11 is 7.36. The fourth-order valence-corrected chi connectivity index (χ4v) is 5.85. The van der Waals surface area contributed by atoms with E-state index in [1.807, 2.05) is 28.4 Å². The molecule has 5 heteroatoms. The molecule has 0 aliphatic carbocycles. The van der Waals surface area contributed by atoms with Gasteiger partial charge in [0.25, 0.3) is 0 Å². The lowest BCUT2D eigenvalue weighted by Gasteiger charge is -2.31. The Kier molecular flexibility index (Phi) is 7.65. The monoisotopic (exact) mass is 401 g/mol. The summed E-state index contributed by atoms with van der Waals surface area (Å²) in [6.45, 7) is 5.14. The molecule has 122 valence electrons. The van der Waals surface area contributed by atoms with Crippen molar-refractivity contribution in [3.63, 3.8) is 0 Å². The third-order valence-electron chi connectivity index (χ3n) is 3.88. The Labute approximate surface area is 150 Å². The van der Waals surface area contributed by atoms with Crippen molar-refractivity contribution in [2.45, 2.75) is 37.7 Å². The minimum Gasteiger partial charge on any atom is -0.309 e. The molecule has 1 amide bonds. The second kappa shape index (κ2) is 9.24. The second-order valence-corrected chi connectivity index (χ2v) is 8.78. The van der Waals surface area contributed by atoms with Crippen LogP contribution in [0.5, 0.6) is 0 Å². The van der Waals surface area contributed by atoms with Gasteiger partial charge in [-0.2, -0.15) is 0 Å². The summed E-state index contributed by atoms with van der Waals surface area (Å²) in [4.78, 5) is 14.6. The SMILES string of the molecule is CCc1cccc(CC)c1N(CC1SCCCS1)C(=O)CBr. The summed E-state index contributed by atoms with van der Waals surface area (Å²) in [5.41, 5.74) is 3.71. The summed E-state index contributed by atoms with van der Waals surface area (Å²) in [6, 6.07) is 6.43. The van der Waals surface area contributed by atoms with E-state index in [1.165, 1.54) is 29.1 Å². The Morgan fingerprint density at radius 2 is 1.82 bits per heavy atom. The Morgan fingerprint density at radius 3 is 2.32 bits per heavy atom. The lowest BCUT2D eigenvalue weighted by Crippen LogP contribution is -2.38. The molecule has 2 rings (SSSR count). The first-order valence-corrected chi connectivity index (χ1v) is 11.1. The van der Waals surface area contributed by atoms with Gasteiger partial charge in [-0.25, -0.2) is 0 Å². The smallest absolute Gasteiger partial charge is 0.237 e. The number of halogens is 1. The van der Waals surface area contributed by atoms with Gasteiger partial charge >= 0.3 is 0 Å². The molecule has 22 heavy (non-hydrogen) atoms. The highest BCUT2D eigenvalue weighted by Gasteiger charge is 2.25. The number of aryl methyl sites for hydroxylation is 2. The first kappa shape index (κ1) is 18.2. The zero-order valence-corrected chi connectivity index (χ0v) is 16.5. The lowest BCUT2D eigenvalue weighted by molar-refractivity contribution is -0.116. The van der Waals surface area contributed by atoms with E-state index in [4.69, 9.17) is 0 Å². The molecular weight excluding hydrogens is 378 g/mol. The van der Waals surface area contributed by atoms with Crippen molar-refractivity contribution in [3.8, 4) is 0 Å². The fourth-order valence-electron chi connectivity index (χ4n) is 2.74. The van der Waals surface area contributed by atoms with Crippen LogP contribution in [0.3, 0.4) is 0 Å². The molecule has 0 spiro atoms. The van der Waals surface area contributed by atoms with Crippen molar-refractivity contribution in [2.24, 2.45) is 0 Å². The third-order valence-corrected chi connectivity index (χ3v) is 7.26. The predicted molar refractivity (Wildman–Crippen MR) is 105 cm³/mol. The number of alkyl halides is 1. The van der Waals surface area contributed by atoms with E-state index in [0.29, 0.717) is 9.91 Å². The van der Waals surface area contributed by atoms with Gasteiger partial charge in [0, 0.05) is 6.54 Å². The third kappa shape index (κ3) is 4.45. The van der Waals surface area contributed by atoms with Crippen LogP contribution < -0.4 is 4.90 Å². The van der Waals surface area contributed by atoms with Crippen molar-refractivity contribution in [1.29, 1.82) is 0 Å². The molecule has 1 aromatic rings. The number of nitrogens with zero attached hydrogens (tertiary/aromatic N) is 1. The number of hydrogen-bond donors (Lipinski definition) is 0. The number of hydrogen-bond acceptors (Lipinski definition) is 3. The molecule has 1 fully saturated rings. The van der Waals surface area contributed by atoms with Crippen LogP contribution in [0.2, 0.25) is 0 Å². The molecule has 1 aromatic carbocycles. The van der Waals surface area contributed by atoms with Crippen molar-refractivity contribution in [3.05, 3.63) is 29.3 Å². The summed E-state index contributed by atoms with van der Waals surface area (Å²) in [5.74, 6) is 2.59. The summed E-state index contributed by atoms with van der Waals surface area (Å²) in [6.07, 6.45) is 3.20. The van der Waals surface area contributed by atoms with E-state index in [2.05, 4.69) is 48.0 Å². The topological polar surface area (TPSA) is 20.3 Å². The van der Waals surface area contributed by atoms with E-state index in [-0.39, 0.29) is 5.91 Å². The molecule has 0 aromatic heterocycles. The van der Waals surface area contributed by atoms with Crippen LogP contribution in [0.1, 0.15) is 31.4 Å². The molecule has 1 aliphatic heterocycles. The maximum atomic E-state index is 12.6. The molecular formula is C17H24BrNOS2. The van der Waals surface area contributed by atoms with Crippen molar-refractivity contribution < 1.29 is 4.79 Å². The van der Waals surface area contributed by atoms with E-state index >= 15 is 0 Å². The van der Waals surface area contributed by atoms with Gasteiger partial charge in [0.15, 0.2) is 0 Å². The van der Waals surface area contributed by atoms with Crippen LogP contribution in [0.15, 0.2) is 18.2 Å². The van der Waals surface area contributed by atoms with E-state index < -0.39 is 0 Å². The summed E-state index contributed by atoms with van der Waals surface area (Å²) in [5, 5.41) is 0.385. The highest BCUT2D eigenvalue weighted by Crippen LogP contribution is 2.34. The number of benzene rings is 1. The highest BCUT2D eigenvalue weighted by atomic mass is 79.9. The average molecular weight is 402 g/mol. The van der Waals surface area contributed by atoms with E-state index in [1.54, 1.807) is 0 Å². The quantitative estimate of drug-likeness (QED) is 0.642. The van der Waals surface area contributed by atoms with Gasteiger partial charge in [-0.15, -0.1) is 23.5 Å². The zero-order chi connectivity index (χ0) is 15.9. The Morgan fingerprint density at radius 1 is 1.23 bits per heavy atom. The number of anilines is 1. The van der Waals surface area contributed by atoms with Gasteiger partial charge in [-0.05, 0) is 41.9 Å².